The largest absolute Gasteiger partial charge is 0.493 e. The van der Waals surface area contributed by atoms with E-state index in [1.165, 1.54) is 6.42 Å². The van der Waals surface area contributed by atoms with Gasteiger partial charge in [0.15, 0.2) is 17.5 Å². The van der Waals surface area contributed by atoms with Gasteiger partial charge in [-0.3, -0.25) is 0 Å². The molecule has 6 nitrogen and oxygen atoms in total. The van der Waals surface area contributed by atoms with Crippen molar-refractivity contribution in [3.63, 3.8) is 0 Å². The van der Waals surface area contributed by atoms with E-state index < -0.39 is 0 Å². The van der Waals surface area contributed by atoms with E-state index in [0.29, 0.717) is 36.3 Å². The van der Waals surface area contributed by atoms with E-state index in [1.807, 2.05) is 48.5 Å². The Balaban J connectivity index is 1.36. The lowest BCUT2D eigenvalue weighted by Gasteiger charge is -2.22. The lowest BCUT2D eigenvalue weighted by Crippen LogP contribution is -2.47. The molecule has 0 saturated carbocycles. The zero-order chi connectivity index (χ0) is 20.1. The minimum absolute atomic E-state index is 0.329. The van der Waals surface area contributed by atoms with E-state index in [1.54, 1.807) is 7.11 Å². The fraction of sp³-hybridized carbons (Fsp3) is 0.435. The highest BCUT2D eigenvalue weighted by Gasteiger charge is 2.41. The first-order chi connectivity index (χ1) is 14.2. The van der Waals surface area contributed by atoms with Gasteiger partial charge in [0.2, 0.25) is 0 Å². The van der Waals surface area contributed by atoms with Gasteiger partial charge in [-0.1, -0.05) is 24.3 Å². The number of nitrogens with one attached hydrogen (secondary N) is 2. The Morgan fingerprint density at radius 1 is 1.10 bits per heavy atom. The molecule has 2 aromatic rings. The third kappa shape index (κ3) is 4.82. The van der Waals surface area contributed by atoms with Crippen LogP contribution in [0.1, 0.15) is 31.7 Å². The maximum atomic E-state index is 5.94. The van der Waals surface area contributed by atoms with Gasteiger partial charge in [0, 0.05) is 6.54 Å². The molecule has 0 aliphatic carbocycles. The molecule has 3 atom stereocenters. The number of para-hydroxylation sites is 2. The molecule has 2 saturated heterocycles. The van der Waals surface area contributed by atoms with Crippen molar-refractivity contribution in [1.82, 2.24) is 10.6 Å². The van der Waals surface area contributed by atoms with Crippen LogP contribution in [0.4, 0.5) is 0 Å². The molecule has 3 unspecified atom stereocenters. The molecule has 29 heavy (non-hydrogen) atoms. The Morgan fingerprint density at radius 3 is 2.55 bits per heavy atom. The van der Waals surface area contributed by atoms with Crippen LogP contribution >= 0.6 is 0 Å². The molecule has 2 aliphatic rings. The molecule has 2 bridgehead atoms. The van der Waals surface area contributed by atoms with Crippen molar-refractivity contribution in [1.29, 1.82) is 0 Å². The summed E-state index contributed by atoms with van der Waals surface area (Å²) in [7, 11) is 1.64. The minimum atomic E-state index is 0.329. The number of nitrogens with zero attached hydrogens (tertiary/aromatic N) is 1. The SMILES string of the molecule is CCNC(=NCc1ccc(Oc2ccccc2OC)cc1)NC1CC2CCC1O2. The maximum Gasteiger partial charge on any atom is 0.191 e. The Hall–Kier alpha value is -2.73. The number of hydrogen-bond donors (Lipinski definition) is 2. The number of rotatable bonds is 7. The van der Waals surface area contributed by atoms with Crippen molar-refractivity contribution in [2.75, 3.05) is 13.7 Å². The number of methoxy groups -OCH3 is 1. The second-order valence-electron chi connectivity index (χ2n) is 7.45. The molecule has 2 fully saturated rings. The van der Waals surface area contributed by atoms with Crippen LogP contribution in [0.3, 0.4) is 0 Å². The van der Waals surface area contributed by atoms with Crippen LogP contribution in [-0.2, 0) is 11.3 Å². The summed E-state index contributed by atoms with van der Waals surface area (Å²) in [6, 6.07) is 16.0. The predicted octanol–water partition coefficient (Wildman–Crippen LogP) is 3.86. The molecule has 154 valence electrons. The first-order valence-electron chi connectivity index (χ1n) is 10.3. The molecule has 2 aromatic carbocycles. The number of hydrogen-bond acceptors (Lipinski definition) is 4. The lowest BCUT2D eigenvalue weighted by atomic mass is 9.96. The van der Waals surface area contributed by atoms with Crippen molar-refractivity contribution >= 4 is 5.96 Å². The van der Waals surface area contributed by atoms with Crippen LogP contribution < -0.4 is 20.1 Å². The van der Waals surface area contributed by atoms with Gasteiger partial charge in [0.05, 0.1) is 31.9 Å². The molecule has 6 heteroatoms. The zero-order valence-corrected chi connectivity index (χ0v) is 17.1. The van der Waals surface area contributed by atoms with Gasteiger partial charge in [-0.25, -0.2) is 4.99 Å². The monoisotopic (exact) mass is 395 g/mol. The molecular formula is C23H29N3O3. The summed E-state index contributed by atoms with van der Waals surface area (Å²) in [5.41, 5.74) is 1.12. The van der Waals surface area contributed by atoms with Crippen LogP contribution in [0.2, 0.25) is 0 Å². The normalized spacial score (nSPS) is 23.1. The summed E-state index contributed by atoms with van der Waals surface area (Å²) in [5.74, 6) is 3.04. The number of guanidine groups is 1. The van der Waals surface area contributed by atoms with Gasteiger partial charge < -0.3 is 24.8 Å². The summed E-state index contributed by atoms with van der Waals surface area (Å²) in [4.78, 5) is 4.75. The number of aliphatic imine (C=N–C) groups is 1. The van der Waals surface area contributed by atoms with E-state index in [9.17, 15) is 0 Å². The Kier molecular flexibility index (Phi) is 6.20. The van der Waals surface area contributed by atoms with E-state index >= 15 is 0 Å². The van der Waals surface area contributed by atoms with Crippen molar-refractivity contribution < 1.29 is 14.2 Å². The molecule has 0 aromatic heterocycles. The average molecular weight is 396 g/mol. The summed E-state index contributed by atoms with van der Waals surface area (Å²) in [5, 5.41) is 6.89. The van der Waals surface area contributed by atoms with E-state index in [2.05, 4.69) is 17.6 Å². The van der Waals surface area contributed by atoms with Crippen molar-refractivity contribution in [3.05, 3.63) is 54.1 Å². The lowest BCUT2D eigenvalue weighted by molar-refractivity contribution is 0.0992. The molecule has 0 radical (unpaired) electrons. The Morgan fingerprint density at radius 2 is 1.90 bits per heavy atom. The van der Waals surface area contributed by atoms with Crippen LogP contribution in [0.25, 0.3) is 0 Å². The Labute approximate surface area is 172 Å². The fourth-order valence-electron chi connectivity index (χ4n) is 3.95. The molecule has 2 N–H and O–H groups in total. The topological polar surface area (TPSA) is 64.1 Å². The molecule has 0 amide bonds. The predicted molar refractivity (Wildman–Crippen MR) is 114 cm³/mol. The smallest absolute Gasteiger partial charge is 0.191 e. The zero-order valence-electron chi connectivity index (χ0n) is 17.1. The molecule has 2 aliphatic heterocycles. The summed E-state index contributed by atoms with van der Waals surface area (Å²) in [6.45, 7) is 3.52. The van der Waals surface area contributed by atoms with E-state index in [4.69, 9.17) is 19.2 Å². The average Bonchev–Trinajstić information content (AvgIpc) is 3.37. The van der Waals surface area contributed by atoms with Crippen molar-refractivity contribution in [2.24, 2.45) is 4.99 Å². The van der Waals surface area contributed by atoms with Gasteiger partial charge in [-0.2, -0.15) is 0 Å². The van der Waals surface area contributed by atoms with Crippen LogP contribution in [0.15, 0.2) is 53.5 Å². The van der Waals surface area contributed by atoms with E-state index in [0.717, 1.165) is 36.7 Å². The third-order valence-electron chi connectivity index (χ3n) is 5.41. The number of benzene rings is 2. The van der Waals surface area contributed by atoms with Crippen LogP contribution in [0.5, 0.6) is 17.2 Å². The summed E-state index contributed by atoms with van der Waals surface area (Å²) in [6.07, 6.45) is 4.17. The fourth-order valence-corrected chi connectivity index (χ4v) is 3.95. The molecular weight excluding hydrogens is 366 g/mol. The highest BCUT2D eigenvalue weighted by atomic mass is 16.5. The second kappa shape index (κ2) is 9.18. The van der Waals surface area contributed by atoms with Crippen LogP contribution in [0, 0.1) is 0 Å². The highest BCUT2D eigenvalue weighted by Crippen LogP contribution is 2.34. The molecule has 2 heterocycles. The second-order valence-corrected chi connectivity index (χ2v) is 7.45. The summed E-state index contributed by atoms with van der Waals surface area (Å²) >= 11 is 0. The van der Waals surface area contributed by atoms with Crippen molar-refractivity contribution in [2.45, 2.75) is 51.0 Å². The quantitative estimate of drug-likeness (QED) is 0.551. The number of ether oxygens (including phenoxy) is 3. The Bertz CT molecular complexity index is 838. The molecule has 0 spiro atoms. The highest BCUT2D eigenvalue weighted by molar-refractivity contribution is 5.80. The van der Waals surface area contributed by atoms with Gasteiger partial charge in [-0.05, 0) is 56.0 Å². The maximum absolute atomic E-state index is 5.94. The minimum Gasteiger partial charge on any atom is -0.493 e. The first kappa shape index (κ1) is 19.6. The van der Waals surface area contributed by atoms with E-state index in [-0.39, 0.29) is 0 Å². The van der Waals surface area contributed by atoms with Crippen molar-refractivity contribution in [3.8, 4) is 17.2 Å². The molecule has 4 rings (SSSR count). The van der Waals surface area contributed by atoms with Crippen LogP contribution in [-0.4, -0.2) is 37.9 Å². The van der Waals surface area contributed by atoms with Gasteiger partial charge in [-0.15, -0.1) is 0 Å². The third-order valence-corrected chi connectivity index (χ3v) is 5.41. The standard InChI is InChI=1S/C23H29N3O3/c1-3-24-23(26-19-14-18-12-13-20(19)29-18)25-15-16-8-10-17(11-9-16)28-22-7-5-4-6-21(22)27-2/h4-11,18-20H,3,12-15H2,1-2H3,(H2,24,25,26). The van der Waals surface area contributed by atoms with Gasteiger partial charge in [0.25, 0.3) is 0 Å². The van der Waals surface area contributed by atoms with Gasteiger partial charge >= 0.3 is 0 Å². The van der Waals surface area contributed by atoms with Gasteiger partial charge in [0.1, 0.15) is 5.75 Å². The summed E-state index contributed by atoms with van der Waals surface area (Å²) < 4.78 is 17.2. The number of fused-ring (bicyclic) bond motifs is 2. The first-order valence-corrected chi connectivity index (χ1v) is 10.3.